The van der Waals surface area contributed by atoms with Gasteiger partial charge in [0.15, 0.2) is 0 Å². The molecule has 8 nitrogen and oxygen atoms in total. The summed E-state index contributed by atoms with van der Waals surface area (Å²) < 4.78 is 0. The molecule has 0 aromatic rings. The Labute approximate surface area is 137 Å². The number of hydrogen-bond donors (Lipinski definition) is 4. The van der Waals surface area contributed by atoms with Crippen molar-refractivity contribution in [2.75, 3.05) is 27.2 Å². The van der Waals surface area contributed by atoms with Gasteiger partial charge in [-0.1, -0.05) is 0 Å². The third kappa shape index (κ3) is 6.15. The zero-order valence-corrected chi connectivity index (χ0v) is 14.1. The van der Waals surface area contributed by atoms with E-state index >= 15 is 0 Å². The Morgan fingerprint density at radius 3 is 2.52 bits per heavy atom. The first-order chi connectivity index (χ1) is 10.9. The van der Waals surface area contributed by atoms with Crippen LogP contribution < -0.4 is 16.0 Å². The number of amides is 2. The van der Waals surface area contributed by atoms with Gasteiger partial charge in [0.2, 0.25) is 11.8 Å². The average molecular weight is 328 g/mol. The van der Waals surface area contributed by atoms with E-state index in [9.17, 15) is 14.4 Å². The molecule has 0 aliphatic carbocycles. The summed E-state index contributed by atoms with van der Waals surface area (Å²) in [5, 5.41) is 17.2. The lowest BCUT2D eigenvalue weighted by molar-refractivity contribution is -0.142. The van der Waals surface area contributed by atoms with Gasteiger partial charge in [0.05, 0.1) is 6.04 Å². The van der Waals surface area contributed by atoms with Gasteiger partial charge in [0.1, 0.15) is 12.1 Å². The topological polar surface area (TPSA) is 111 Å². The standard InChI is InChI=1S/C15H28N4O4/c1-10(17-14(21)12-7-5-9-19(12)3)13(20)18-11(15(22)23)6-4-8-16-2/h10-12,16H,4-9H2,1-3H3,(H,17,21)(H,18,20)(H,22,23). The number of carbonyl (C=O) groups excluding carboxylic acids is 2. The Morgan fingerprint density at radius 1 is 1.30 bits per heavy atom. The molecule has 3 unspecified atom stereocenters. The Kier molecular flexibility index (Phi) is 7.97. The van der Waals surface area contributed by atoms with Crippen molar-refractivity contribution < 1.29 is 19.5 Å². The molecule has 1 heterocycles. The average Bonchev–Trinajstić information content (AvgIpc) is 2.92. The van der Waals surface area contributed by atoms with E-state index in [4.69, 9.17) is 5.11 Å². The summed E-state index contributed by atoms with van der Waals surface area (Å²) in [7, 11) is 3.66. The maximum atomic E-state index is 12.1. The summed E-state index contributed by atoms with van der Waals surface area (Å²) in [4.78, 5) is 37.4. The van der Waals surface area contributed by atoms with E-state index in [0.717, 1.165) is 19.4 Å². The Hall–Kier alpha value is -1.67. The van der Waals surface area contributed by atoms with Crippen LogP contribution in [0.3, 0.4) is 0 Å². The van der Waals surface area contributed by atoms with Gasteiger partial charge >= 0.3 is 5.97 Å². The number of nitrogens with one attached hydrogen (secondary N) is 3. The van der Waals surface area contributed by atoms with Gasteiger partial charge in [-0.05, 0) is 59.8 Å². The molecule has 3 atom stereocenters. The molecule has 0 aromatic carbocycles. The molecular formula is C15H28N4O4. The van der Waals surface area contributed by atoms with E-state index < -0.39 is 24.0 Å². The van der Waals surface area contributed by atoms with E-state index in [-0.39, 0.29) is 11.9 Å². The van der Waals surface area contributed by atoms with Gasteiger partial charge in [0, 0.05) is 0 Å². The highest BCUT2D eigenvalue weighted by atomic mass is 16.4. The number of hydrogen-bond acceptors (Lipinski definition) is 5. The van der Waals surface area contributed by atoms with Crippen molar-refractivity contribution >= 4 is 17.8 Å². The molecule has 1 rings (SSSR count). The van der Waals surface area contributed by atoms with E-state index in [0.29, 0.717) is 19.4 Å². The number of aliphatic carboxylic acids is 1. The fraction of sp³-hybridized carbons (Fsp3) is 0.800. The Morgan fingerprint density at radius 2 is 2.00 bits per heavy atom. The van der Waals surface area contributed by atoms with Crippen molar-refractivity contribution in [2.24, 2.45) is 0 Å². The molecule has 2 amide bonds. The van der Waals surface area contributed by atoms with Gasteiger partial charge in [-0.15, -0.1) is 0 Å². The van der Waals surface area contributed by atoms with Gasteiger partial charge < -0.3 is 21.1 Å². The monoisotopic (exact) mass is 328 g/mol. The quantitative estimate of drug-likeness (QED) is 0.411. The van der Waals surface area contributed by atoms with Crippen LogP contribution in [-0.2, 0) is 14.4 Å². The molecule has 1 saturated heterocycles. The van der Waals surface area contributed by atoms with Gasteiger partial charge in [-0.3, -0.25) is 14.5 Å². The fourth-order valence-electron chi connectivity index (χ4n) is 2.65. The van der Waals surface area contributed by atoms with Crippen LogP contribution in [-0.4, -0.2) is 73.1 Å². The lowest BCUT2D eigenvalue weighted by Crippen LogP contribution is -2.53. The van der Waals surface area contributed by atoms with E-state index in [1.54, 1.807) is 14.0 Å². The number of nitrogens with zero attached hydrogens (tertiary/aromatic N) is 1. The maximum absolute atomic E-state index is 12.1. The van der Waals surface area contributed by atoms with Crippen LogP contribution >= 0.6 is 0 Å². The number of carbonyl (C=O) groups is 3. The molecule has 1 aliphatic heterocycles. The van der Waals surface area contributed by atoms with Gasteiger partial charge in [-0.25, -0.2) is 4.79 Å². The maximum Gasteiger partial charge on any atom is 0.326 e. The number of likely N-dealkylation sites (tertiary alicyclic amines) is 1. The molecule has 8 heteroatoms. The Balaban J connectivity index is 2.47. The van der Waals surface area contributed by atoms with Crippen LogP contribution in [0.5, 0.6) is 0 Å². The predicted octanol–water partition coefficient (Wildman–Crippen LogP) is -0.846. The number of likely N-dealkylation sites (N-methyl/N-ethyl adjacent to an activating group) is 1. The molecular weight excluding hydrogens is 300 g/mol. The van der Waals surface area contributed by atoms with Crippen LogP contribution in [0, 0.1) is 0 Å². The van der Waals surface area contributed by atoms with Crippen molar-refractivity contribution in [1.82, 2.24) is 20.9 Å². The zero-order valence-electron chi connectivity index (χ0n) is 14.1. The number of rotatable bonds is 9. The highest BCUT2D eigenvalue weighted by Crippen LogP contribution is 2.14. The minimum Gasteiger partial charge on any atom is -0.480 e. The molecule has 132 valence electrons. The molecule has 1 fully saturated rings. The first-order valence-corrected chi connectivity index (χ1v) is 8.05. The van der Waals surface area contributed by atoms with Crippen LogP contribution in [0.4, 0.5) is 0 Å². The van der Waals surface area contributed by atoms with E-state index in [2.05, 4.69) is 16.0 Å². The molecule has 23 heavy (non-hydrogen) atoms. The highest BCUT2D eigenvalue weighted by molar-refractivity contribution is 5.91. The number of carboxylic acid groups (broad SMARTS) is 1. The van der Waals surface area contributed by atoms with Gasteiger partial charge in [-0.2, -0.15) is 0 Å². The van der Waals surface area contributed by atoms with Crippen molar-refractivity contribution in [3.8, 4) is 0 Å². The molecule has 1 aliphatic rings. The lowest BCUT2D eigenvalue weighted by atomic mass is 10.1. The summed E-state index contributed by atoms with van der Waals surface area (Å²) in [6, 6.07) is -1.91. The predicted molar refractivity (Wildman–Crippen MR) is 86.0 cm³/mol. The largest absolute Gasteiger partial charge is 0.480 e. The Bertz CT molecular complexity index is 430. The summed E-state index contributed by atoms with van der Waals surface area (Å²) in [5.41, 5.74) is 0. The molecule has 0 saturated carbocycles. The van der Waals surface area contributed by atoms with Crippen LogP contribution in [0.2, 0.25) is 0 Å². The second-order valence-corrected chi connectivity index (χ2v) is 6.01. The fourth-order valence-corrected chi connectivity index (χ4v) is 2.65. The molecule has 0 radical (unpaired) electrons. The molecule has 0 spiro atoms. The van der Waals surface area contributed by atoms with Crippen LogP contribution in [0.15, 0.2) is 0 Å². The van der Waals surface area contributed by atoms with Gasteiger partial charge in [0.25, 0.3) is 0 Å². The first kappa shape index (κ1) is 19.4. The van der Waals surface area contributed by atoms with Crippen molar-refractivity contribution in [3.05, 3.63) is 0 Å². The second kappa shape index (κ2) is 9.46. The third-order valence-corrected chi connectivity index (χ3v) is 4.11. The van der Waals surface area contributed by atoms with Crippen LogP contribution in [0.25, 0.3) is 0 Å². The minimum atomic E-state index is -1.07. The van der Waals surface area contributed by atoms with E-state index in [1.807, 2.05) is 11.9 Å². The van der Waals surface area contributed by atoms with E-state index in [1.165, 1.54) is 0 Å². The smallest absolute Gasteiger partial charge is 0.326 e. The SMILES string of the molecule is CNCCCC(NC(=O)C(C)NC(=O)C1CCCN1C)C(=O)O. The number of carboxylic acids is 1. The second-order valence-electron chi connectivity index (χ2n) is 6.01. The molecule has 0 aromatic heterocycles. The first-order valence-electron chi connectivity index (χ1n) is 8.05. The third-order valence-electron chi connectivity index (χ3n) is 4.11. The lowest BCUT2D eigenvalue weighted by Gasteiger charge is -2.22. The molecule has 4 N–H and O–H groups in total. The summed E-state index contributed by atoms with van der Waals surface area (Å²) in [6.45, 7) is 3.11. The van der Waals surface area contributed by atoms with Crippen molar-refractivity contribution in [1.29, 1.82) is 0 Å². The summed E-state index contributed by atoms with van der Waals surface area (Å²) in [6.07, 6.45) is 2.72. The van der Waals surface area contributed by atoms with Crippen molar-refractivity contribution in [2.45, 2.75) is 50.7 Å². The zero-order chi connectivity index (χ0) is 17.4. The summed E-state index contributed by atoms with van der Waals surface area (Å²) in [5.74, 6) is -1.73. The van der Waals surface area contributed by atoms with Crippen molar-refractivity contribution in [3.63, 3.8) is 0 Å². The summed E-state index contributed by atoms with van der Waals surface area (Å²) >= 11 is 0. The molecule has 0 bridgehead atoms. The minimum absolute atomic E-state index is 0.185. The van der Waals surface area contributed by atoms with Crippen LogP contribution in [0.1, 0.15) is 32.6 Å². The normalized spacial score (nSPS) is 20.7. The highest BCUT2D eigenvalue weighted by Gasteiger charge is 2.30.